The lowest BCUT2D eigenvalue weighted by Gasteiger charge is -2.28. The van der Waals surface area contributed by atoms with E-state index in [1.54, 1.807) is 12.3 Å². The third kappa shape index (κ3) is 2.02. The van der Waals surface area contributed by atoms with E-state index in [2.05, 4.69) is 11.2 Å². The molecule has 1 fully saturated rings. The molecule has 80 valence electrons. The Hall–Kier alpha value is -1.34. The fraction of sp³-hybridized carbons (Fsp3) is 0.636. The molecule has 1 heterocycles. The van der Waals surface area contributed by atoms with Gasteiger partial charge in [-0.2, -0.15) is 10.4 Å². The number of hydrogen-bond donors (Lipinski definition) is 1. The molecule has 0 aliphatic heterocycles. The van der Waals surface area contributed by atoms with Crippen molar-refractivity contribution >= 4 is 0 Å². The maximum absolute atomic E-state index is 8.91. The van der Waals surface area contributed by atoms with Gasteiger partial charge in [-0.3, -0.25) is 4.68 Å². The third-order valence-corrected chi connectivity index (χ3v) is 3.28. The van der Waals surface area contributed by atoms with Crippen LogP contribution in [0.3, 0.4) is 0 Å². The molecule has 0 saturated heterocycles. The standard InChI is InChI=1S/C11H16N4/c12-7-9-1-3-10(4-2-9)15-11(8-13)5-6-14-15/h5-6,9-10H,1-4,7,12H2. The quantitative estimate of drug-likeness (QED) is 0.792. The molecule has 0 amide bonds. The van der Waals surface area contributed by atoms with E-state index in [9.17, 15) is 0 Å². The molecule has 0 bridgehead atoms. The molecule has 15 heavy (non-hydrogen) atoms. The monoisotopic (exact) mass is 204 g/mol. The Morgan fingerprint density at radius 2 is 2.20 bits per heavy atom. The molecule has 4 heteroatoms. The van der Waals surface area contributed by atoms with Crippen molar-refractivity contribution in [3.05, 3.63) is 18.0 Å². The lowest BCUT2D eigenvalue weighted by molar-refractivity contribution is 0.264. The lowest BCUT2D eigenvalue weighted by atomic mass is 9.86. The fourth-order valence-electron chi connectivity index (χ4n) is 2.32. The Kier molecular flexibility index (Phi) is 3.02. The highest BCUT2D eigenvalue weighted by Crippen LogP contribution is 2.31. The zero-order chi connectivity index (χ0) is 10.7. The molecule has 2 N–H and O–H groups in total. The van der Waals surface area contributed by atoms with E-state index in [0.717, 1.165) is 32.2 Å². The van der Waals surface area contributed by atoms with Crippen LogP contribution in [0.2, 0.25) is 0 Å². The summed E-state index contributed by atoms with van der Waals surface area (Å²) in [5, 5.41) is 13.1. The molecular weight excluding hydrogens is 188 g/mol. The fourth-order valence-corrected chi connectivity index (χ4v) is 2.32. The van der Waals surface area contributed by atoms with E-state index >= 15 is 0 Å². The second-order valence-corrected chi connectivity index (χ2v) is 4.18. The van der Waals surface area contributed by atoms with Gasteiger partial charge in [-0.25, -0.2) is 0 Å². The van der Waals surface area contributed by atoms with Gasteiger partial charge in [0.05, 0.1) is 12.2 Å². The van der Waals surface area contributed by atoms with E-state index < -0.39 is 0 Å². The minimum absolute atomic E-state index is 0.400. The highest BCUT2D eigenvalue weighted by Gasteiger charge is 2.23. The van der Waals surface area contributed by atoms with Gasteiger partial charge < -0.3 is 5.73 Å². The molecule has 1 aliphatic carbocycles. The first-order chi connectivity index (χ1) is 7.35. The number of aromatic nitrogens is 2. The summed E-state index contributed by atoms with van der Waals surface area (Å²) in [6.07, 6.45) is 6.21. The first-order valence-electron chi connectivity index (χ1n) is 5.49. The lowest BCUT2D eigenvalue weighted by Crippen LogP contribution is -2.24. The molecule has 1 aliphatic rings. The molecular formula is C11H16N4. The van der Waals surface area contributed by atoms with Crippen LogP contribution in [0.25, 0.3) is 0 Å². The molecule has 0 unspecified atom stereocenters. The van der Waals surface area contributed by atoms with Crippen LogP contribution in [0.1, 0.15) is 37.4 Å². The Bertz CT molecular complexity index is 355. The second kappa shape index (κ2) is 4.45. The van der Waals surface area contributed by atoms with Crippen molar-refractivity contribution < 1.29 is 0 Å². The Balaban J connectivity index is 2.05. The SMILES string of the molecule is N#Cc1ccnn1C1CCC(CN)CC1. The maximum Gasteiger partial charge on any atom is 0.138 e. The van der Waals surface area contributed by atoms with Gasteiger partial charge in [-0.15, -0.1) is 0 Å². The highest BCUT2D eigenvalue weighted by molar-refractivity contribution is 5.19. The van der Waals surface area contributed by atoms with Crippen LogP contribution in [-0.4, -0.2) is 16.3 Å². The summed E-state index contributed by atoms with van der Waals surface area (Å²) in [6, 6.07) is 4.35. The van der Waals surface area contributed by atoms with Crippen molar-refractivity contribution in [1.82, 2.24) is 9.78 Å². The smallest absolute Gasteiger partial charge is 0.138 e. The van der Waals surface area contributed by atoms with Crippen LogP contribution in [0.15, 0.2) is 12.3 Å². The zero-order valence-electron chi connectivity index (χ0n) is 8.76. The van der Waals surface area contributed by atoms with Crippen molar-refractivity contribution in [2.75, 3.05) is 6.54 Å². The van der Waals surface area contributed by atoms with Crippen LogP contribution in [0.4, 0.5) is 0 Å². The average Bonchev–Trinajstić information content (AvgIpc) is 2.77. The third-order valence-electron chi connectivity index (χ3n) is 3.28. The second-order valence-electron chi connectivity index (χ2n) is 4.18. The molecule has 0 atom stereocenters. The van der Waals surface area contributed by atoms with Gasteiger partial charge in [0, 0.05) is 0 Å². The van der Waals surface area contributed by atoms with Crippen LogP contribution in [0, 0.1) is 17.2 Å². The molecule has 0 aromatic carbocycles. The number of nitrogens with two attached hydrogens (primary N) is 1. The minimum atomic E-state index is 0.400. The van der Waals surface area contributed by atoms with E-state index in [4.69, 9.17) is 11.0 Å². The van der Waals surface area contributed by atoms with E-state index in [1.807, 2.05) is 4.68 Å². The molecule has 1 saturated carbocycles. The molecule has 2 rings (SSSR count). The number of rotatable bonds is 2. The summed E-state index contributed by atoms with van der Waals surface area (Å²) in [6.45, 7) is 0.789. The van der Waals surface area contributed by atoms with Gasteiger partial charge in [-0.1, -0.05) is 0 Å². The van der Waals surface area contributed by atoms with Gasteiger partial charge in [0.1, 0.15) is 11.8 Å². The molecule has 1 aromatic heterocycles. The van der Waals surface area contributed by atoms with E-state index in [-0.39, 0.29) is 0 Å². The van der Waals surface area contributed by atoms with Crippen molar-refractivity contribution in [3.63, 3.8) is 0 Å². The van der Waals surface area contributed by atoms with Crippen LogP contribution < -0.4 is 5.73 Å². The largest absolute Gasteiger partial charge is 0.330 e. The molecule has 4 nitrogen and oxygen atoms in total. The topological polar surface area (TPSA) is 67.6 Å². The van der Waals surface area contributed by atoms with Gasteiger partial charge >= 0.3 is 0 Å². The first kappa shape index (κ1) is 10.2. The van der Waals surface area contributed by atoms with Crippen LogP contribution in [-0.2, 0) is 0 Å². The van der Waals surface area contributed by atoms with Crippen molar-refractivity contribution in [3.8, 4) is 6.07 Å². The molecule has 1 aromatic rings. The Morgan fingerprint density at radius 1 is 1.47 bits per heavy atom. The summed E-state index contributed by atoms with van der Waals surface area (Å²) in [5.74, 6) is 0.669. The van der Waals surface area contributed by atoms with E-state index in [0.29, 0.717) is 17.7 Å². The van der Waals surface area contributed by atoms with Gasteiger partial charge in [0.2, 0.25) is 0 Å². The van der Waals surface area contributed by atoms with Gasteiger partial charge in [-0.05, 0) is 44.2 Å². The molecule has 0 radical (unpaired) electrons. The average molecular weight is 204 g/mol. The normalized spacial score (nSPS) is 26.1. The summed E-state index contributed by atoms with van der Waals surface area (Å²) < 4.78 is 1.87. The van der Waals surface area contributed by atoms with Gasteiger partial charge in [0.25, 0.3) is 0 Å². The first-order valence-corrected chi connectivity index (χ1v) is 5.49. The summed E-state index contributed by atoms with van der Waals surface area (Å²) in [7, 11) is 0. The summed E-state index contributed by atoms with van der Waals surface area (Å²) in [4.78, 5) is 0. The Morgan fingerprint density at radius 3 is 2.80 bits per heavy atom. The predicted molar refractivity (Wildman–Crippen MR) is 57.0 cm³/mol. The Labute approximate surface area is 89.7 Å². The maximum atomic E-state index is 8.91. The number of hydrogen-bond acceptors (Lipinski definition) is 3. The predicted octanol–water partition coefficient (Wildman–Crippen LogP) is 1.44. The number of nitrogens with zero attached hydrogens (tertiary/aromatic N) is 3. The summed E-state index contributed by atoms with van der Waals surface area (Å²) in [5.41, 5.74) is 6.32. The van der Waals surface area contributed by atoms with Crippen molar-refractivity contribution in [2.45, 2.75) is 31.7 Å². The number of nitriles is 1. The van der Waals surface area contributed by atoms with Crippen molar-refractivity contribution in [2.24, 2.45) is 11.7 Å². The van der Waals surface area contributed by atoms with Crippen LogP contribution in [0.5, 0.6) is 0 Å². The molecule has 0 spiro atoms. The zero-order valence-corrected chi connectivity index (χ0v) is 8.76. The van der Waals surface area contributed by atoms with Gasteiger partial charge in [0.15, 0.2) is 0 Å². The summed E-state index contributed by atoms with van der Waals surface area (Å²) >= 11 is 0. The van der Waals surface area contributed by atoms with Crippen LogP contribution >= 0.6 is 0 Å². The van der Waals surface area contributed by atoms with Crippen molar-refractivity contribution in [1.29, 1.82) is 5.26 Å². The van der Waals surface area contributed by atoms with E-state index in [1.165, 1.54) is 0 Å². The highest BCUT2D eigenvalue weighted by atomic mass is 15.3. The minimum Gasteiger partial charge on any atom is -0.330 e.